The highest BCUT2D eigenvalue weighted by Crippen LogP contribution is 2.37. The van der Waals surface area contributed by atoms with Gasteiger partial charge in [-0.15, -0.1) is 0 Å². The SMILES string of the molecule is CCOc1cc(/C=C2\SC(=O)N(CCOc3ccccc3OC)C2=O)cc(I)c1OCC(=O)Nc1cccc(C)c1. The second-order valence-corrected chi connectivity index (χ2v) is 11.0. The predicted molar refractivity (Wildman–Crippen MR) is 167 cm³/mol. The molecule has 9 nitrogen and oxygen atoms in total. The van der Waals surface area contributed by atoms with Crippen LogP contribution in [0.3, 0.4) is 0 Å². The van der Waals surface area contributed by atoms with Crippen molar-refractivity contribution in [2.24, 2.45) is 0 Å². The number of carbonyl (C=O) groups is 3. The molecule has 0 aliphatic carbocycles. The number of nitrogens with one attached hydrogen (secondary N) is 1. The van der Waals surface area contributed by atoms with Crippen molar-refractivity contribution in [1.29, 1.82) is 0 Å². The number of para-hydroxylation sites is 2. The monoisotopic (exact) mass is 688 g/mol. The van der Waals surface area contributed by atoms with Gasteiger partial charge in [-0.1, -0.05) is 24.3 Å². The van der Waals surface area contributed by atoms with E-state index in [1.54, 1.807) is 37.5 Å². The summed E-state index contributed by atoms with van der Waals surface area (Å²) in [7, 11) is 1.55. The zero-order chi connectivity index (χ0) is 29.4. The molecule has 0 bridgehead atoms. The fraction of sp³-hybridized carbons (Fsp3) is 0.233. The first-order valence-electron chi connectivity index (χ1n) is 12.8. The number of amides is 3. The quantitative estimate of drug-likeness (QED) is 0.179. The number of hydrogen-bond donors (Lipinski definition) is 1. The molecule has 0 saturated carbocycles. The van der Waals surface area contributed by atoms with Gasteiger partial charge in [0.15, 0.2) is 29.6 Å². The lowest BCUT2D eigenvalue weighted by atomic mass is 10.2. The highest BCUT2D eigenvalue weighted by molar-refractivity contribution is 14.1. The lowest BCUT2D eigenvalue weighted by Gasteiger charge is -2.15. The Labute approximate surface area is 256 Å². The lowest BCUT2D eigenvalue weighted by Crippen LogP contribution is -2.32. The molecule has 0 radical (unpaired) electrons. The molecule has 1 aliphatic rings. The van der Waals surface area contributed by atoms with Crippen LogP contribution in [-0.2, 0) is 9.59 Å². The Morgan fingerprint density at radius 2 is 1.78 bits per heavy atom. The van der Waals surface area contributed by atoms with E-state index in [9.17, 15) is 14.4 Å². The second-order valence-electron chi connectivity index (χ2n) is 8.80. The van der Waals surface area contributed by atoms with Crippen LogP contribution in [0.5, 0.6) is 23.0 Å². The Morgan fingerprint density at radius 1 is 1.00 bits per heavy atom. The van der Waals surface area contributed by atoms with Gasteiger partial charge in [-0.25, -0.2) is 0 Å². The maximum absolute atomic E-state index is 13.0. The fourth-order valence-corrected chi connectivity index (χ4v) is 5.61. The van der Waals surface area contributed by atoms with E-state index in [-0.39, 0.29) is 35.8 Å². The number of carbonyl (C=O) groups excluding carboxylic acids is 3. The Bertz CT molecular complexity index is 1480. The number of aryl methyl sites for hydroxylation is 1. The molecule has 0 unspecified atom stereocenters. The lowest BCUT2D eigenvalue weighted by molar-refractivity contribution is -0.123. The molecule has 3 amide bonds. The van der Waals surface area contributed by atoms with Crippen molar-refractivity contribution in [3.8, 4) is 23.0 Å². The second kappa shape index (κ2) is 14.3. The first-order valence-corrected chi connectivity index (χ1v) is 14.7. The van der Waals surface area contributed by atoms with Crippen LogP contribution in [-0.4, -0.2) is 55.4 Å². The third-order valence-corrected chi connectivity index (χ3v) is 7.50. The van der Waals surface area contributed by atoms with E-state index in [4.69, 9.17) is 18.9 Å². The van der Waals surface area contributed by atoms with Crippen LogP contribution >= 0.6 is 34.4 Å². The van der Waals surface area contributed by atoms with Gasteiger partial charge in [-0.05, 0) is 102 Å². The molecule has 0 aromatic heterocycles. The van der Waals surface area contributed by atoms with Crippen molar-refractivity contribution >= 4 is 63.2 Å². The Balaban J connectivity index is 1.42. The van der Waals surface area contributed by atoms with Crippen LogP contribution < -0.4 is 24.3 Å². The molecule has 41 heavy (non-hydrogen) atoms. The summed E-state index contributed by atoms with van der Waals surface area (Å²) >= 11 is 2.96. The van der Waals surface area contributed by atoms with Crippen LogP contribution in [0.1, 0.15) is 18.1 Å². The number of nitrogens with zero attached hydrogens (tertiary/aromatic N) is 1. The van der Waals surface area contributed by atoms with Gasteiger partial charge in [-0.2, -0.15) is 0 Å². The zero-order valence-corrected chi connectivity index (χ0v) is 25.7. The zero-order valence-electron chi connectivity index (χ0n) is 22.8. The summed E-state index contributed by atoms with van der Waals surface area (Å²) in [5.74, 6) is 1.25. The summed E-state index contributed by atoms with van der Waals surface area (Å²) < 4.78 is 23.3. The highest BCUT2D eigenvalue weighted by Gasteiger charge is 2.35. The van der Waals surface area contributed by atoms with E-state index in [0.717, 1.165) is 22.2 Å². The van der Waals surface area contributed by atoms with Gasteiger partial charge in [0.1, 0.15) is 6.61 Å². The number of benzene rings is 3. The minimum absolute atomic E-state index is 0.0964. The highest BCUT2D eigenvalue weighted by atomic mass is 127. The van der Waals surface area contributed by atoms with Crippen LogP contribution in [0.25, 0.3) is 6.08 Å². The molecular formula is C30H29IN2O7S. The molecule has 4 rings (SSSR count). The number of thioether (sulfide) groups is 1. The smallest absolute Gasteiger partial charge is 0.293 e. The molecule has 214 valence electrons. The summed E-state index contributed by atoms with van der Waals surface area (Å²) in [6, 6.07) is 18.2. The molecule has 11 heteroatoms. The average molecular weight is 689 g/mol. The van der Waals surface area contributed by atoms with Gasteiger partial charge in [0, 0.05) is 5.69 Å². The summed E-state index contributed by atoms with van der Waals surface area (Å²) in [6.07, 6.45) is 1.64. The topological polar surface area (TPSA) is 103 Å². The first kappa shape index (κ1) is 30.3. The molecule has 0 atom stereocenters. The van der Waals surface area contributed by atoms with E-state index in [1.807, 2.05) is 50.2 Å². The Kier molecular flexibility index (Phi) is 10.5. The predicted octanol–water partition coefficient (Wildman–Crippen LogP) is 6.14. The Hall–Kier alpha value is -3.71. The van der Waals surface area contributed by atoms with Gasteiger partial charge >= 0.3 is 0 Å². The number of anilines is 1. The Morgan fingerprint density at radius 3 is 2.51 bits per heavy atom. The van der Waals surface area contributed by atoms with E-state index in [2.05, 4.69) is 27.9 Å². The molecule has 0 spiro atoms. The number of methoxy groups -OCH3 is 1. The molecule has 1 aliphatic heterocycles. The van der Waals surface area contributed by atoms with E-state index >= 15 is 0 Å². The number of rotatable bonds is 12. The van der Waals surface area contributed by atoms with Gasteiger partial charge in [0.2, 0.25) is 0 Å². The minimum atomic E-state index is -0.398. The summed E-state index contributed by atoms with van der Waals surface area (Å²) in [5.41, 5.74) is 2.38. The van der Waals surface area contributed by atoms with Crippen LogP contribution in [0, 0.1) is 10.5 Å². The van der Waals surface area contributed by atoms with Crippen molar-refractivity contribution < 1.29 is 33.3 Å². The van der Waals surface area contributed by atoms with Crippen molar-refractivity contribution in [2.45, 2.75) is 13.8 Å². The van der Waals surface area contributed by atoms with E-state index < -0.39 is 5.91 Å². The third kappa shape index (κ3) is 7.94. The minimum Gasteiger partial charge on any atom is -0.493 e. The van der Waals surface area contributed by atoms with E-state index in [1.165, 1.54) is 0 Å². The molecule has 1 N–H and O–H groups in total. The normalized spacial score (nSPS) is 13.9. The van der Waals surface area contributed by atoms with Gasteiger partial charge in [0.25, 0.3) is 17.1 Å². The molecule has 3 aromatic rings. The fourth-order valence-electron chi connectivity index (χ4n) is 3.96. The molecular weight excluding hydrogens is 659 g/mol. The molecule has 3 aromatic carbocycles. The summed E-state index contributed by atoms with van der Waals surface area (Å²) in [5, 5.41) is 2.45. The first-order chi connectivity index (χ1) is 19.8. The largest absolute Gasteiger partial charge is 0.493 e. The van der Waals surface area contributed by atoms with Gasteiger partial charge < -0.3 is 24.3 Å². The number of hydrogen-bond acceptors (Lipinski definition) is 8. The van der Waals surface area contributed by atoms with Gasteiger partial charge in [0.05, 0.1) is 28.7 Å². The van der Waals surface area contributed by atoms with E-state index in [0.29, 0.717) is 44.4 Å². The number of ether oxygens (including phenoxy) is 4. The third-order valence-electron chi connectivity index (χ3n) is 5.79. The van der Waals surface area contributed by atoms with Crippen molar-refractivity contribution in [3.05, 3.63) is 80.3 Å². The maximum Gasteiger partial charge on any atom is 0.293 e. The number of halogens is 1. The summed E-state index contributed by atoms with van der Waals surface area (Å²) in [6.45, 7) is 4.17. The summed E-state index contributed by atoms with van der Waals surface area (Å²) in [4.78, 5) is 39.6. The van der Waals surface area contributed by atoms with Gasteiger partial charge in [-0.3, -0.25) is 19.3 Å². The van der Waals surface area contributed by atoms with Crippen molar-refractivity contribution in [2.75, 3.05) is 38.8 Å². The number of imide groups is 1. The molecule has 1 saturated heterocycles. The van der Waals surface area contributed by atoms with Crippen LogP contribution in [0.15, 0.2) is 65.6 Å². The molecule has 1 fully saturated rings. The van der Waals surface area contributed by atoms with Crippen molar-refractivity contribution in [3.63, 3.8) is 0 Å². The van der Waals surface area contributed by atoms with Crippen LogP contribution in [0.4, 0.5) is 10.5 Å². The average Bonchev–Trinajstić information content (AvgIpc) is 3.20. The maximum atomic E-state index is 13.0. The van der Waals surface area contributed by atoms with Crippen molar-refractivity contribution in [1.82, 2.24) is 4.90 Å². The standard InChI is InChI=1S/C30H29IN2O7S/c1-4-38-25-16-20(15-22(31)28(25)40-18-27(34)32-21-9-7-8-19(2)14-21)17-26-29(35)33(30(36)41-26)12-13-39-24-11-6-5-10-23(24)37-3/h5-11,14-17H,4,12-13,18H2,1-3H3,(H,32,34)/b26-17-. The molecule has 1 heterocycles. The van der Waals surface area contributed by atoms with Crippen LogP contribution in [0.2, 0.25) is 0 Å².